The zero-order chi connectivity index (χ0) is 14.5. The number of ether oxygens (including phenoxy) is 1. The third-order valence-corrected chi connectivity index (χ3v) is 2.62. The third-order valence-electron chi connectivity index (χ3n) is 2.62. The summed E-state index contributed by atoms with van der Waals surface area (Å²) in [5.41, 5.74) is 0.934. The molecule has 1 aromatic heterocycles. The van der Waals surface area contributed by atoms with Gasteiger partial charge in [0.2, 0.25) is 5.69 Å². The smallest absolute Gasteiger partial charge is 0.364 e. The molecule has 0 aliphatic heterocycles. The molecule has 0 bridgehead atoms. The zero-order valence-electron chi connectivity index (χ0n) is 11.2. The van der Waals surface area contributed by atoms with Crippen molar-refractivity contribution < 1.29 is 9.53 Å². The number of esters is 1. The van der Waals surface area contributed by atoms with Gasteiger partial charge in [0.25, 0.3) is 0 Å². The Kier molecular flexibility index (Phi) is 4.09. The summed E-state index contributed by atoms with van der Waals surface area (Å²) < 4.78 is 4.72. The molecule has 1 N–H and O–H groups in total. The molecule has 1 heterocycles. The molecular weight excluding hydrogens is 260 g/mol. The predicted molar refractivity (Wildman–Crippen MR) is 73.0 cm³/mol. The molecule has 2 aromatic rings. The van der Waals surface area contributed by atoms with E-state index >= 15 is 0 Å². The van der Waals surface area contributed by atoms with Crippen molar-refractivity contribution in [1.82, 2.24) is 15.1 Å². The number of aromatic nitrogens is 3. The number of aromatic amines is 1. The molecule has 0 spiro atoms. The summed E-state index contributed by atoms with van der Waals surface area (Å²) in [6, 6.07) is 7.58. The Bertz CT molecular complexity index is 700. The molecule has 1 aromatic carbocycles. The molecule has 0 amide bonds. The van der Waals surface area contributed by atoms with Crippen LogP contribution in [0.1, 0.15) is 28.5 Å². The summed E-state index contributed by atoms with van der Waals surface area (Å²) in [5.74, 6) is -0.765. The van der Waals surface area contributed by atoms with Crippen molar-refractivity contribution in [2.24, 2.45) is 5.10 Å². The van der Waals surface area contributed by atoms with Crippen LogP contribution in [-0.2, 0) is 4.74 Å². The first kappa shape index (κ1) is 13.7. The molecule has 7 nitrogen and oxygen atoms in total. The highest BCUT2D eigenvalue weighted by molar-refractivity contribution is 5.86. The number of benzene rings is 1. The maximum absolute atomic E-state index is 11.8. The molecular formula is C13H14N4O3. The van der Waals surface area contributed by atoms with E-state index in [1.165, 1.54) is 6.21 Å². The quantitative estimate of drug-likeness (QED) is 0.663. The van der Waals surface area contributed by atoms with Gasteiger partial charge in [-0.05, 0) is 25.0 Å². The minimum atomic E-state index is -0.765. The van der Waals surface area contributed by atoms with Crippen LogP contribution in [0.4, 0.5) is 0 Å². The van der Waals surface area contributed by atoms with E-state index in [1.807, 2.05) is 31.2 Å². The Balaban J connectivity index is 2.26. The second kappa shape index (κ2) is 5.96. The highest BCUT2D eigenvalue weighted by atomic mass is 16.5. The number of nitrogens with zero attached hydrogens (tertiary/aromatic N) is 3. The predicted octanol–water partition coefficient (Wildman–Crippen LogP) is 0.939. The topological polar surface area (TPSA) is 89.3 Å². The fourth-order valence-corrected chi connectivity index (χ4v) is 1.55. The monoisotopic (exact) mass is 274 g/mol. The van der Waals surface area contributed by atoms with Crippen molar-refractivity contribution in [3.63, 3.8) is 0 Å². The number of nitrogens with one attached hydrogen (secondary N) is 1. The fraction of sp³-hybridized carbons (Fsp3) is 0.231. The lowest BCUT2D eigenvalue weighted by molar-refractivity contribution is 0.0517. The van der Waals surface area contributed by atoms with E-state index in [0.29, 0.717) is 0 Å². The van der Waals surface area contributed by atoms with Gasteiger partial charge in [0.05, 0.1) is 12.8 Å². The number of carbonyl (C=O) groups excluding carboxylic acids is 1. The van der Waals surface area contributed by atoms with Gasteiger partial charge in [-0.3, -0.25) is 4.79 Å². The van der Waals surface area contributed by atoms with Crippen LogP contribution in [0.2, 0.25) is 0 Å². The summed E-state index contributed by atoms with van der Waals surface area (Å²) in [6.45, 7) is 3.76. The van der Waals surface area contributed by atoms with Crippen LogP contribution in [0, 0.1) is 6.92 Å². The molecule has 0 saturated carbocycles. The van der Waals surface area contributed by atoms with Crippen LogP contribution in [0.15, 0.2) is 34.2 Å². The summed E-state index contributed by atoms with van der Waals surface area (Å²) in [4.78, 5) is 24.2. The lowest BCUT2D eigenvalue weighted by Crippen LogP contribution is -2.20. The standard InChI is InChI=1S/C13H14N4O3/c1-3-20-13(19)11-12(18)17(16-15-11)14-8-10-7-5-4-6-9(10)2/h4-8,16H,3H2,1-2H3/b14-8-. The van der Waals surface area contributed by atoms with E-state index in [4.69, 9.17) is 4.74 Å². The molecule has 0 radical (unpaired) electrons. The lowest BCUT2D eigenvalue weighted by Gasteiger charge is -1.97. The van der Waals surface area contributed by atoms with Gasteiger partial charge in [0.15, 0.2) is 0 Å². The van der Waals surface area contributed by atoms with Crippen molar-refractivity contribution in [3.8, 4) is 0 Å². The van der Waals surface area contributed by atoms with Gasteiger partial charge in [0.1, 0.15) is 0 Å². The molecule has 0 atom stereocenters. The third kappa shape index (κ3) is 2.82. The number of H-pyrrole nitrogens is 1. The Morgan fingerprint density at radius 3 is 2.95 bits per heavy atom. The van der Waals surface area contributed by atoms with E-state index in [2.05, 4.69) is 15.4 Å². The first-order chi connectivity index (χ1) is 9.63. The van der Waals surface area contributed by atoms with Crippen LogP contribution in [0.5, 0.6) is 0 Å². The average molecular weight is 274 g/mol. The Morgan fingerprint density at radius 1 is 1.50 bits per heavy atom. The maximum atomic E-state index is 11.8. The summed E-state index contributed by atoms with van der Waals surface area (Å²) >= 11 is 0. The first-order valence-corrected chi connectivity index (χ1v) is 6.08. The van der Waals surface area contributed by atoms with E-state index in [9.17, 15) is 9.59 Å². The number of hydrogen-bond acceptors (Lipinski definition) is 5. The molecule has 20 heavy (non-hydrogen) atoms. The minimum absolute atomic E-state index is 0.178. The van der Waals surface area contributed by atoms with Crippen molar-refractivity contribution in [2.75, 3.05) is 6.61 Å². The molecule has 2 rings (SSSR count). The van der Waals surface area contributed by atoms with Crippen LogP contribution >= 0.6 is 0 Å². The van der Waals surface area contributed by atoms with Gasteiger partial charge < -0.3 is 4.74 Å². The maximum Gasteiger partial charge on any atom is 0.364 e. The lowest BCUT2D eigenvalue weighted by atomic mass is 10.1. The molecule has 0 fully saturated rings. The van der Waals surface area contributed by atoms with Crippen molar-refractivity contribution >= 4 is 12.2 Å². The van der Waals surface area contributed by atoms with Gasteiger partial charge >= 0.3 is 11.5 Å². The zero-order valence-corrected chi connectivity index (χ0v) is 11.2. The van der Waals surface area contributed by atoms with Gasteiger partial charge in [-0.25, -0.2) is 4.79 Å². The Morgan fingerprint density at radius 2 is 2.25 bits per heavy atom. The summed E-state index contributed by atoms with van der Waals surface area (Å²) in [6.07, 6.45) is 1.52. The Hall–Kier alpha value is -2.70. The highest BCUT2D eigenvalue weighted by Gasteiger charge is 2.17. The second-order valence-corrected chi connectivity index (χ2v) is 4.00. The van der Waals surface area contributed by atoms with E-state index < -0.39 is 11.5 Å². The SMILES string of the molecule is CCOC(=O)c1n[nH]n(/N=C\c2ccccc2C)c1=O. The van der Waals surface area contributed by atoms with E-state index in [1.54, 1.807) is 6.92 Å². The molecule has 0 aliphatic rings. The van der Waals surface area contributed by atoms with Gasteiger partial charge in [-0.2, -0.15) is 10.3 Å². The molecule has 0 unspecified atom stereocenters. The van der Waals surface area contributed by atoms with Gasteiger partial charge in [0, 0.05) is 0 Å². The highest BCUT2D eigenvalue weighted by Crippen LogP contribution is 2.03. The van der Waals surface area contributed by atoms with Crippen molar-refractivity contribution in [2.45, 2.75) is 13.8 Å². The molecule has 104 valence electrons. The first-order valence-electron chi connectivity index (χ1n) is 6.08. The fourth-order valence-electron chi connectivity index (χ4n) is 1.55. The van der Waals surface area contributed by atoms with Crippen LogP contribution in [0.3, 0.4) is 0 Å². The van der Waals surface area contributed by atoms with Crippen molar-refractivity contribution in [1.29, 1.82) is 0 Å². The summed E-state index contributed by atoms with van der Waals surface area (Å²) in [5, 5.41) is 9.92. The minimum Gasteiger partial charge on any atom is -0.461 e. The van der Waals surface area contributed by atoms with Gasteiger partial charge in [-0.1, -0.05) is 24.3 Å². The normalized spacial score (nSPS) is 10.9. The average Bonchev–Trinajstić information content (AvgIpc) is 2.79. The molecule has 7 heteroatoms. The summed E-state index contributed by atoms with van der Waals surface area (Å²) in [7, 11) is 0. The van der Waals surface area contributed by atoms with Crippen LogP contribution in [-0.4, -0.2) is 33.9 Å². The molecule has 0 saturated heterocycles. The molecule has 0 aliphatic carbocycles. The van der Waals surface area contributed by atoms with Crippen LogP contribution in [0.25, 0.3) is 0 Å². The van der Waals surface area contributed by atoms with Crippen LogP contribution < -0.4 is 5.56 Å². The van der Waals surface area contributed by atoms with E-state index in [0.717, 1.165) is 15.9 Å². The number of aryl methyl sites for hydroxylation is 1. The largest absolute Gasteiger partial charge is 0.461 e. The number of carbonyl (C=O) groups is 1. The number of hydrogen-bond donors (Lipinski definition) is 1. The van der Waals surface area contributed by atoms with E-state index in [-0.39, 0.29) is 12.3 Å². The second-order valence-electron chi connectivity index (χ2n) is 4.00. The van der Waals surface area contributed by atoms with Crippen molar-refractivity contribution in [3.05, 3.63) is 51.4 Å². The Labute approximate surface area is 114 Å². The number of rotatable bonds is 4. The van der Waals surface area contributed by atoms with Gasteiger partial charge in [-0.15, -0.1) is 9.89 Å².